The van der Waals surface area contributed by atoms with Crippen LogP contribution in [-0.2, 0) is 13.8 Å². The zero-order valence-corrected chi connectivity index (χ0v) is 11.8. The van der Waals surface area contributed by atoms with Crippen LogP contribution in [0.15, 0.2) is 12.5 Å². The van der Waals surface area contributed by atoms with Gasteiger partial charge in [-0.15, -0.1) is 0 Å². The lowest BCUT2D eigenvalue weighted by Crippen LogP contribution is -2.32. The third-order valence-electron chi connectivity index (χ3n) is 3.75. The molecule has 2 aliphatic heterocycles. The molecule has 2 N–H and O–H groups in total. The zero-order valence-electron chi connectivity index (χ0n) is 10.8. The number of imidazole rings is 1. The number of ether oxygens (including phenoxy) is 1. The Morgan fingerprint density at radius 1 is 1.45 bits per heavy atom. The summed E-state index contributed by atoms with van der Waals surface area (Å²) in [5.41, 5.74) is 7.03. The summed E-state index contributed by atoms with van der Waals surface area (Å²) >= 11 is 0. The van der Waals surface area contributed by atoms with Gasteiger partial charge in [0.25, 0.3) is 0 Å². The Hall–Kier alpha value is -1.34. The summed E-state index contributed by atoms with van der Waals surface area (Å²) in [6.45, 7) is 2.66. The van der Waals surface area contributed by atoms with Crippen LogP contribution in [0, 0.1) is 5.92 Å². The van der Waals surface area contributed by atoms with Crippen molar-refractivity contribution in [1.82, 2.24) is 19.5 Å². The highest BCUT2D eigenvalue weighted by atomic mass is 31.1. The number of fused-ring (bicyclic) bond motifs is 2. The smallest absolute Gasteiger partial charge is 0.222 e. The normalized spacial score (nSPS) is 34.6. The number of nitrogens with two attached hydrogens (primary N) is 1. The summed E-state index contributed by atoms with van der Waals surface area (Å²) in [6, 6.07) is 0. The predicted molar refractivity (Wildman–Crippen MR) is 71.9 cm³/mol. The number of nitrogens with zero attached hydrogens (tertiary/aromatic N) is 4. The number of hydrogen-bond donors (Lipinski definition) is 1. The third kappa shape index (κ3) is 1.80. The van der Waals surface area contributed by atoms with Gasteiger partial charge in [0.1, 0.15) is 17.8 Å². The van der Waals surface area contributed by atoms with Crippen molar-refractivity contribution < 1.29 is 13.8 Å². The molecular formula is C11H14N5O3P. The van der Waals surface area contributed by atoms with E-state index in [0.717, 1.165) is 0 Å². The van der Waals surface area contributed by atoms with Crippen molar-refractivity contribution in [3.63, 3.8) is 0 Å². The molecule has 5 atom stereocenters. The number of nitrogen functional groups attached to an aromatic ring is 1. The summed E-state index contributed by atoms with van der Waals surface area (Å²) in [6.07, 6.45) is 3.13. The standard InChI is InChI=1S/C11H14N5O3P/c1-5-8-7(3-17-20-19-8)18-10(5)16-4-14-6-2-13-11(12)15-9(6)16/h2,4-5,7-8,10,20H,3H2,1H3,(H2,12,13,15). The number of rotatable bonds is 1. The van der Waals surface area contributed by atoms with Gasteiger partial charge in [0.05, 0.1) is 25.2 Å². The van der Waals surface area contributed by atoms with E-state index in [4.69, 9.17) is 19.5 Å². The zero-order chi connectivity index (χ0) is 13.7. The minimum Gasteiger partial charge on any atom is -0.368 e. The van der Waals surface area contributed by atoms with Crippen molar-refractivity contribution in [3.8, 4) is 0 Å². The van der Waals surface area contributed by atoms with Crippen LogP contribution in [0.25, 0.3) is 11.2 Å². The van der Waals surface area contributed by atoms with Crippen LogP contribution in [0.2, 0.25) is 0 Å². The Morgan fingerprint density at radius 2 is 2.35 bits per heavy atom. The molecule has 0 bridgehead atoms. The summed E-state index contributed by atoms with van der Waals surface area (Å²) in [5, 5.41) is 0. The maximum atomic E-state index is 6.05. The monoisotopic (exact) mass is 295 g/mol. The average molecular weight is 295 g/mol. The van der Waals surface area contributed by atoms with Crippen LogP contribution in [-0.4, -0.2) is 38.3 Å². The summed E-state index contributed by atoms with van der Waals surface area (Å²) < 4.78 is 18.9. The first-order chi connectivity index (χ1) is 9.74. The highest BCUT2D eigenvalue weighted by Gasteiger charge is 2.46. The second-order valence-corrected chi connectivity index (χ2v) is 5.68. The van der Waals surface area contributed by atoms with Crippen LogP contribution in [0.5, 0.6) is 0 Å². The molecule has 9 heteroatoms. The average Bonchev–Trinajstić information content (AvgIpc) is 3.00. The lowest BCUT2D eigenvalue weighted by atomic mass is 10.0. The molecular weight excluding hydrogens is 281 g/mol. The Bertz CT molecular complexity index is 650. The van der Waals surface area contributed by atoms with Gasteiger partial charge in [-0.1, -0.05) is 6.92 Å². The van der Waals surface area contributed by atoms with Gasteiger partial charge in [0.2, 0.25) is 5.95 Å². The Balaban J connectivity index is 1.74. The van der Waals surface area contributed by atoms with Crippen LogP contribution < -0.4 is 5.73 Å². The number of hydrogen-bond acceptors (Lipinski definition) is 7. The van der Waals surface area contributed by atoms with Crippen molar-refractivity contribution in [2.45, 2.75) is 25.4 Å². The van der Waals surface area contributed by atoms with Gasteiger partial charge in [-0.3, -0.25) is 4.57 Å². The molecule has 2 aromatic rings. The van der Waals surface area contributed by atoms with Crippen molar-refractivity contribution in [3.05, 3.63) is 12.5 Å². The number of aromatic nitrogens is 4. The lowest BCUT2D eigenvalue weighted by molar-refractivity contribution is -0.0480. The topological polar surface area (TPSA) is 97.3 Å². The third-order valence-corrected chi connectivity index (χ3v) is 4.40. The van der Waals surface area contributed by atoms with E-state index in [1.165, 1.54) is 0 Å². The minimum absolute atomic E-state index is 0.0451. The molecule has 2 aromatic heterocycles. The molecule has 0 spiro atoms. The van der Waals surface area contributed by atoms with Gasteiger partial charge in [-0.25, -0.2) is 9.97 Å². The van der Waals surface area contributed by atoms with Crippen LogP contribution in [0.3, 0.4) is 0 Å². The minimum atomic E-state index is -0.184. The molecule has 2 aliphatic rings. The summed E-state index contributed by atoms with van der Waals surface area (Å²) in [4.78, 5) is 12.5. The highest BCUT2D eigenvalue weighted by molar-refractivity contribution is 7.26. The van der Waals surface area contributed by atoms with Gasteiger partial charge in [-0.05, 0) is 0 Å². The van der Waals surface area contributed by atoms with Crippen molar-refractivity contribution in [2.75, 3.05) is 12.3 Å². The van der Waals surface area contributed by atoms with E-state index >= 15 is 0 Å². The molecule has 0 radical (unpaired) electrons. The molecule has 0 aromatic carbocycles. The summed E-state index contributed by atoms with van der Waals surface area (Å²) in [5.74, 6) is 0.411. The maximum Gasteiger partial charge on any atom is 0.222 e. The van der Waals surface area contributed by atoms with Gasteiger partial charge >= 0.3 is 0 Å². The second-order valence-electron chi connectivity index (χ2n) is 4.99. The van der Waals surface area contributed by atoms with Crippen LogP contribution in [0.4, 0.5) is 5.95 Å². The van der Waals surface area contributed by atoms with Crippen LogP contribution >= 0.6 is 9.03 Å². The van der Waals surface area contributed by atoms with Crippen molar-refractivity contribution in [1.29, 1.82) is 0 Å². The number of anilines is 1. The lowest BCUT2D eigenvalue weighted by Gasteiger charge is -2.25. The van der Waals surface area contributed by atoms with Gasteiger partial charge in [0, 0.05) is 5.92 Å². The molecule has 8 nitrogen and oxygen atoms in total. The first-order valence-electron chi connectivity index (χ1n) is 6.37. The molecule has 0 aliphatic carbocycles. The van der Waals surface area contributed by atoms with Gasteiger partial charge in [0.15, 0.2) is 14.7 Å². The quantitative estimate of drug-likeness (QED) is 0.779. The summed E-state index contributed by atoms with van der Waals surface area (Å²) in [7, 11) is 0.0844. The molecule has 4 rings (SSSR count). The predicted octanol–water partition coefficient (Wildman–Crippen LogP) is 0.866. The molecule has 2 fully saturated rings. The van der Waals surface area contributed by atoms with Gasteiger partial charge in [-0.2, -0.15) is 4.98 Å². The molecule has 4 heterocycles. The highest BCUT2D eigenvalue weighted by Crippen LogP contribution is 2.43. The van der Waals surface area contributed by atoms with E-state index in [1.807, 2.05) is 4.57 Å². The van der Waals surface area contributed by atoms with E-state index in [2.05, 4.69) is 21.9 Å². The van der Waals surface area contributed by atoms with Crippen LogP contribution in [0.1, 0.15) is 13.2 Å². The Morgan fingerprint density at radius 3 is 3.20 bits per heavy atom. The van der Waals surface area contributed by atoms with E-state index in [9.17, 15) is 0 Å². The molecule has 20 heavy (non-hydrogen) atoms. The van der Waals surface area contributed by atoms with E-state index in [0.29, 0.717) is 17.8 Å². The van der Waals surface area contributed by atoms with Crippen molar-refractivity contribution >= 4 is 26.1 Å². The first kappa shape index (κ1) is 12.4. The van der Waals surface area contributed by atoms with Gasteiger partial charge < -0.3 is 19.5 Å². The Kier molecular flexibility index (Phi) is 2.85. The fraction of sp³-hybridized carbons (Fsp3) is 0.545. The molecule has 2 saturated heterocycles. The van der Waals surface area contributed by atoms with E-state index in [-0.39, 0.29) is 39.3 Å². The van der Waals surface area contributed by atoms with Crippen molar-refractivity contribution in [2.24, 2.45) is 5.92 Å². The Labute approximate surface area is 116 Å². The van der Waals surface area contributed by atoms with E-state index in [1.54, 1.807) is 12.5 Å². The maximum absolute atomic E-state index is 6.05. The molecule has 0 saturated carbocycles. The molecule has 0 amide bonds. The first-order valence-corrected chi connectivity index (χ1v) is 7.18. The molecule has 106 valence electrons. The SMILES string of the molecule is CC1C2OPOCC2OC1n1cnc2cnc(N)nc21. The fourth-order valence-electron chi connectivity index (χ4n) is 2.75. The van der Waals surface area contributed by atoms with E-state index < -0.39 is 0 Å². The second kappa shape index (κ2) is 4.60. The largest absolute Gasteiger partial charge is 0.368 e. The fourth-order valence-corrected chi connectivity index (χ4v) is 3.53. The molecule has 5 unspecified atom stereocenters.